The van der Waals surface area contributed by atoms with Crippen LogP contribution in [0, 0.1) is 5.92 Å². The maximum absolute atomic E-state index is 12.2. The van der Waals surface area contributed by atoms with E-state index < -0.39 is 6.10 Å². The van der Waals surface area contributed by atoms with Crippen LogP contribution in [0.4, 0.5) is 0 Å². The van der Waals surface area contributed by atoms with E-state index >= 15 is 0 Å². The fourth-order valence-electron chi connectivity index (χ4n) is 2.06. The zero-order valence-corrected chi connectivity index (χ0v) is 11.9. The molecule has 0 bridgehead atoms. The van der Waals surface area contributed by atoms with Crippen molar-refractivity contribution < 1.29 is 5.11 Å². The molecular formula is C15H21N3O2. The summed E-state index contributed by atoms with van der Waals surface area (Å²) in [6, 6.07) is 7.33. The highest BCUT2D eigenvalue weighted by Crippen LogP contribution is 2.06. The third kappa shape index (κ3) is 3.65. The molecule has 5 heteroatoms. The molecule has 5 nitrogen and oxygen atoms in total. The summed E-state index contributed by atoms with van der Waals surface area (Å²) < 4.78 is 1.32. The van der Waals surface area contributed by atoms with E-state index in [2.05, 4.69) is 24.3 Å². The van der Waals surface area contributed by atoms with Gasteiger partial charge in [0.05, 0.1) is 24.2 Å². The highest BCUT2D eigenvalue weighted by molar-refractivity contribution is 5.80. The monoisotopic (exact) mass is 275 g/mol. The third-order valence-electron chi connectivity index (χ3n) is 3.08. The van der Waals surface area contributed by atoms with Gasteiger partial charge in [0.1, 0.15) is 0 Å². The average Bonchev–Trinajstić information content (AvgIpc) is 2.42. The van der Waals surface area contributed by atoms with Crippen molar-refractivity contribution in [2.75, 3.05) is 13.1 Å². The fraction of sp³-hybridized carbons (Fsp3) is 0.467. The molecule has 1 aromatic carbocycles. The van der Waals surface area contributed by atoms with Crippen molar-refractivity contribution in [2.45, 2.75) is 26.5 Å². The van der Waals surface area contributed by atoms with E-state index in [1.54, 1.807) is 12.3 Å². The van der Waals surface area contributed by atoms with E-state index in [0.717, 1.165) is 11.9 Å². The lowest BCUT2D eigenvalue weighted by molar-refractivity contribution is 0.144. The van der Waals surface area contributed by atoms with Gasteiger partial charge in [-0.2, -0.15) is 5.10 Å². The van der Waals surface area contributed by atoms with Crippen molar-refractivity contribution in [1.29, 1.82) is 0 Å². The number of fused-ring (bicyclic) bond motifs is 1. The molecule has 0 saturated carbocycles. The molecule has 1 aromatic heterocycles. The SMILES string of the molecule is CC(C)CNCC(O)Cn1ncc2ccccc2c1=O. The van der Waals surface area contributed by atoms with Crippen molar-refractivity contribution >= 4 is 10.8 Å². The number of hydrogen-bond acceptors (Lipinski definition) is 4. The largest absolute Gasteiger partial charge is 0.390 e. The lowest BCUT2D eigenvalue weighted by Gasteiger charge is -2.14. The summed E-state index contributed by atoms with van der Waals surface area (Å²) in [7, 11) is 0. The van der Waals surface area contributed by atoms with Gasteiger partial charge in [-0.1, -0.05) is 32.0 Å². The van der Waals surface area contributed by atoms with E-state index in [0.29, 0.717) is 17.8 Å². The molecule has 0 amide bonds. The molecule has 20 heavy (non-hydrogen) atoms. The van der Waals surface area contributed by atoms with Gasteiger partial charge in [0, 0.05) is 11.9 Å². The predicted octanol–water partition coefficient (Wildman–Crippen LogP) is 1.00. The van der Waals surface area contributed by atoms with Gasteiger partial charge >= 0.3 is 0 Å². The highest BCUT2D eigenvalue weighted by atomic mass is 16.3. The first-order valence-electron chi connectivity index (χ1n) is 6.91. The van der Waals surface area contributed by atoms with Crippen molar-refractivity contribution in [3.63, 3.8) is 0 Å². The normalized spacial score (nSPS) is 13.0. The molecule has 2 N–H and O–H groups in total. The maximum atomic E-state index is 12.2. The molecule has 0 aliphatic carbocycles. The Bertz CT molecular complexity index is 622. The molecule has 2 rings (SSSR count). The van der Waals surface area contributed by atoms with E-state index in [1.807, 2.05) is 18.2 Å². The minimum atomic E-state index is -0.625. The van der Waals surface area contributed by atoms with Crippen LogP contribution in [0.5, 0.6) is 0 Å². The molecule has 1 atom stereocenters. The first-order valence-corrected chi connectivity index (χ1v) is 6.91. The van der Waals surface area contributed by atoms with Gasteiger partial charge in [0.25, 0.3) is 5.56 Å². The van der Waals surface area contributed by atoms with E-state index in [4.69, 9.17) is 0 Å². The van der Waals surface area contributed by atoms with Crippen LogP contribution < -0.4 is 10.9 Å². The Morgan fingerprint density at radius 3 is 2.80 bits per heavy atom. The number of rotatable bonds is 6. The zero-order valence-electron chi connectivity index (χ0n) is 11.9. The number of hydrogen-bond donors (Lipinski definition) is 2. The Balaban J connectivity index is 2.06. The van der Waals surface area contributed by atoms with E-state index in [9.17, 15) is 9.90 Å². The quantitative estimate of drug-likeness (QED) is 0.825. The van der Waals surface area contributed by atoms with Gasteiger partial charge in [-0.15, -0.1) is 0 Å². The first-order chi connectivity index (χ1) is 9.58. The van der Waals surface area contributed by atoms with Crippen LogP contribution in [0.2, 0.25) is 0 Å². The number of nitrogens with zero attached hydrogens (tertiary/aromatic N) is 2. The Morgan fingerprint density at radius 1 is 1.30 bits per heavy atom. The Morgan fingerprint density at radius 2 is 2.05 bits per heavy atom. The lowest BCUT2D eigenvalue weighted by atomic mass is 10.2. The Kier molecular flexibility index (Phi) is 4.87. The average molecular weight is 275 g/mol. The molecule has 0 aliphatic heterocycles. The number of aliphatic hydroxyl groups excluding tert-OH is 1. The molecule has 108 valence electrons. The molecule has 2 aromatic rings. The standard InChI is InChI=1S/C15H21N3O2/c1-11(2)7-16-9-13(19)10-18-15(20)14-6-4-3-5-12(14)8-17-18/h3-6,8,11,13,16,19H,7,9-10H2,1-2H3. The van der Waals surface area contributed by atoms with Crippen molar-refractivity contribution in [1.82, 2.24) is 15.1 Å². The molecule has 0 radical (unpaired) electrons. The van der Waals surface area contributed by atoms with E-state index in [-0.39, 0.29) is 12.1 Å². The zero-order chi connectivity index (χ0) is 14.5. The van der Waals surface area contributed by atoms with Gasteiger partial charge in [-0.3, -0.25) is 4.79 Å². The summed E-state index contributed by atoms with van der Waals surface area (Å²) in [6.07, 6.45) is 1.03. The number of aliphatic hydroxyl groups is 1. The molecule has 1 heterocycles. The second kappa shape index (κ2) is 6.63. The third-order valence-corrected chi connectivity index (χ3v) is 3.08. The lowest BCUT2D eigenvalue weighted by Crippen LogP contribution is -2.36. The summed E-state index contributed by atoms with van der Waals surface area (Å²) in [5, 5.41) is 18.7. The van der Waals surface area contributed by atoms with Crippen molar-refractivity contribution in [2.24, 2.45) is 5.92 Å². The first kappa shape index (κ1) is 14.7. The molecule has 0 aliphatic rings. The van der Waals surface area contributed by atoms with Crippen LogP contribution in [0.3, 0.4) is 0 Å². The predicted molar refractivity (Wildman–Crippen MR) is 79.7 cm³/mol. The molecular weight excluding hydrogens is 254 g/mol. The molecule has 0 saturated heterocycles. The second-order valence-electron chi connectivity index (χ2n) is 5.43. The maximum Gasteiger partial charge on any atom is 0.274 e. The van der Waals surface area contributed by atoms with Crippen LogP contribution in [0.1, 0.15) is 13.8 Å². The van der Waals surface area contributed by atoms with E-state index in [1.165, 1.54) is 4.68 Å². The molecule has 1 unspecified atom stereocenters. The summed E-state index contributed by atoms with van der Waals surface area (Å²) in [6.45, 7) is 5.72. The van der Waals surface area contributed by atoms with Gasteiger partial charge in [0.15, 0.2) is 0 Å². The van der Waals surface area contributed by atoms with Crippen LogP contribution in [0.25, 0.3) is 10.8 Å². The summed E-state index contributed by atoms with van der Waals surface area (Å²) in [4.78, 5) is 12.2. The van der Waals surface area contributed by atoms with Crippen LogP contribution in [0.15, 0.2) is 35.3 Å². The van der Waals surface area contributed by atoms with Gasteiger partial charge in [0.2, 0.25) is 0 Å². The summed E-state index contributed by atoms with van der Waals surface area (Å²) in [5.41, 5.74) is -0.161. The number of aromatic nitrogens is 2. The minimum absolute atomic E-state index is 0.161. The van der Waals surface area contributed by atoms with Crippen LogP contribution >= 0.6 is 0 Å². The number of nitrogens with one attached hydrogen (secondary N) is 1. The fourth-order valence-corrected chi connectivity index (χ4v) is 2.06. The summed E-state index contributed by atoms with van der Waals surface area (Å²) in [5.74, 6) is 0.531. The second-order valence-corrected chi connectivity index (χ2v) is 5.43. The molecule has 0 spiro atoms. The Hall–Kier alpha value is -1.72. The highest BCUT2D eigenvalue weighted by Gasteiger charge is 2.09. The van der Waals surface area contributed by atoms with Crippen LogP contribution in [-0.4, -0.2) is 34.1 Å². The number of benzene rings is 1. The van der Waals surface area contributed by atoms with Gasteiger partial charge < -0.3 is 10.4 Å². The molecule has 0 fully saturated rings. The smallest absolute Gasteiger partial charge is 0.274 e. The van der Waals surface area contributed by atoms with Gasteiger partial charge in [-0.05, 0) is 18.5 Å². The Labute approximate surface area is 118 Å². The van der Waals surface area contributed by atoms with Crippen molar-refractivity contribution in [3.8, 4) is 0 Å². The minimum Gasteiger partial charge on any atom is -0.390 e. The van der Waals surface area contributed by atoms with Gasteiger partial charge in [-0.25, -0.2) is 4.68 Å². The van der Waals surface area contributed by atoms with Crippen LogP contribution in [-0.2, 0) is 6.54 Å². The van der Waals surface area contributed by atoms with Crippen molar-refractivity contribution in [3.05, 3.63) is 40.8 Å². The summed E-state index contributed by atoms with van der Waals surface area (Å²) >= 11 is 0. The topological polar surface area (TPSA) is 67.2 Å².